The van der Waals surface area contributed by atoms with Crippen LogP contribution in [0.3, 0.4) is 0 Å². The number of nitrogens with one attached hydrogen (secondary N) is 2. The van der Waals surface area contributed by atoms with Crippen molar-refractivity contribution in [2.24, 2.45) is 0 Å². The number of rotatable bonds is 9. The molecule has 33 heavy (non-hydrogen) atoms. The van der Waals surface area contributed by atoms with Gasteiger partial charge >= 0.3 is 0 Å². The molecule has 1 rings (SSSR count). The molecular weight excluding hydrogens is 783 g/mol. The molecule has 1 aromatic rings. The van der Waals surface area contributed by atoms with E-state index in [-0.39, 0.29) is 27.0 Å². The van der Waals surface area contributed by atoms with Gasteiger partial charge in [-0.3, -0.25) is 14.4 Å². The Morgan fingerprint density at radius 3 is 1.94 bits per heavy atom. The minimum Gasteiger partial charge on any atom is -0.387 e. The summed E-state index contributed by atoms with van der Waals surface area (Å²) in [6.07, 6.45) is -11.1. The lowest BCUT2D eigenvalue weighted by atomic mass is 9.99. The first kappa shape index (κ1) is 30.3. The number of hydrogen-bond donors (Lipinski definition) is 7. The van der Waals surface area contributed by atoms with E-state index in [1.165, 1.54) is 25.9 Å². The second-order valence-corrected chi connectivity index (χ2v) is 9.97. The summed E-state index contributed by atoms with van der Waals surface area (Å²) in [5, 5.41) is 53.9. The van der Waals surface area contributed by atoms with Crippen molar-refractivity contribution >= 4 is 103 Å². The van der Waals surface area contributed by atoms with Gasteiger partial charge in [0, 0.05) is 21.0 Å². The molecule has 12 nitrogen and oxygen atoms in total. The highest BCUT2D eigenvalue weighted by molar-refractivity contribution is 14.1. The number of aldehydes is 1. The number of carbonyl (C=O) groups excluding carboxylic acids is 4. The quantitative estimate of drug-likeness (QED) is 0.118. The van der Waals surface area contributed by atoms with Crippen molar-refractivity contribution in [1.29, 1.82) is 0 Å². The number of anilines is 2. The summed E-state index contributed by atoms with van der Waals surface area (Å²) >= 11 is 5.56. The highest BCUT2D eigenvalue weighted by atomic mass is 127. The fraction of sp³-hybridized carbons (Fsp3) is 0.444. The highest BCUT2D eigenvalue weighted by Gasteiger charge is 2.38. The van der Waals surface area contributed by atoms with Gasteiger partial charge < -0.3 is 45.9 Å². The lowest BCUT2D eigenvalue weighted by molar-refractivity contribution is -0.153. The van der Waals surface area contributed by atoms with Gasteiger partial charge in [-0.2, -0.15) is 0 Å². The van der Waals surface area contributed by atoms with Gasteiger partial charge in [0.05, 0.1) is 27.6 Å². The van der Waals surface area contributed by atoms with Crippen molar-refractivity contribution in [2.75, 3.05) is 24.3 Å². The Balaban J connectivity index is 3.47. The van der Waals surface area contributed by atoms with Gasteiger partial charge in [-0.1, -0.05) is 0 Å². The van der Waals surface area contributed by atoms with Gasteiger partial charge in [0.1, 0.15) is 24.4 Å². The first-order valence-electron chi connectivity index (χ1n) is 9.06. The Labute approximate surface area is 229 Å². The molecule has 1 unspecified atom stereocenters. The molecule has 0 aromatic heterocycles. The SMILES string of the molecule is CNC(=O)c1c(I)c(NC(=O)C(O)[C@@H](O)[C@H](O)[C@H](O)[C@@H](O)C=O)c(I)c(N(C)C(C)=O)c1I. The molecule has 0 spiro atoms. The first-order valence-corrected chi connectivity index (χ1v) is 12.3. The zero-order chi connectivity index (χ0) is 25.8. The van der Waals surface area contributed by atoms with E-state index in [1.807, 2.05) is 45.2 Å². The predicted octanol–water partition coefficient (Wildman–Crippen LogP) is -1.22. The van der Waals surface area contributed by atoms with Gasteiger partial charge in [-0.05, 0) is 67.8 Å². The van der Waals surface area contributed by atoms with Crippen LogP contribution in [0.1, 0.15) is 17.3 Å². The molecule has 7 N–H and O–H groups in total. The zero-order valence-corrected chi connectivity index (χ0v) is 23.9. The van der Waals surface area contributed by atoms with Crippen LogP contribution in [0.25, 0.3) is 0 Å². The topological polar surface area (TPSA) is 197 Å². The van der Waals surface area contributed by atoms with Crippen LogP contribution < -0.4 is 15.5 Å². The normalized spacial score (nSPS) is 15.6. The van der Waals surface area contributed by atoms with Crippen LogP contribution in [0.2, 0.25) is 0 Å². The number of amides is 3. The Morgan fingerprint density at radius 2 is 1.48 bits per heavy atom. The van der Waals surface area contributed by atoms with Gasteiger partial charge in [0.15, 0.2) is 12.4 Å². The minimum absolute atomic E-state index is 0.0533. The van der Waals surface area contributed by atoms with Crippen LogP contribution in [0.5, 0.6) is 0 Å². The molecule has 0 aliphatic rings. The van der Waals surface area contributed by atoms with Crippen molar-refractivity contribution in [2.45, 2.75) is 37.4 Å². The van der Waals surface area contributed by atoms with E-state index in [2.05, 4.69) is 10.6 Å². The summed E-state index contributed by atoms with van der Waals surface area (Å²) in [7, 11) is 2.88. The summed E-state index contributed by atoms with van der Waals surface area (Å²) in [6.45, 7) is 1.31. The lowest BCUT2D eigenvalue weighted by Crippen LogP contribution is -2.52. The molecule has 3 amide bonds. The Kier molecular flexibility index (Phi) is 11.8. The van der Waals surface area contributed by atoms with Gasteiger partial charge in [-0.25, -0.2) is 0 Å². The van der Waals surface area contributed by atoms with E-state index >= 15 is 0 Å². The molecular formula is C18H22I3N3O9. The number of aliphatic hydroxyl groups is 5. The number of carbonyl (C=O) groups is 4. The van der Waals surface area contributed by atoms with Crippen molar-refractivity contribution in [3.8, 4) is 0 Å². The second-order valence-electron chi connectivity index (χ2n) is 6.73. The van der Waals surface area contributed by atoms with Crippen LogP contribution in [-0.2, 0) is 14.4 Å². The van der Waals surface area contributed by atoms with E-state index < -0.39 is 42.3 Å². The van der Waals surface area contributed by atoms with Gasteiger partial charge in [0.25, 0.3) is 11.8 Å². The minimum atomic E-state index is -2.29. The Hall–Kier alpha value is -0.710. The molecule has 0 saturated heterocycles. The maximum absolute atomic E-state index is 12.6. The van der Waals surface area contributed by atoms with Crippen LogP contribution in [0, 0.1) is 10.7 Å². The molecule has 0 bridgehead atoms. The standard InChI is InChI=1S/C18H22I3N3O9/c1-5(26)24(3)12-9(20)7(17(32)22-2)8(19)11(10(12)21)23-18(33)16(31)15(30)14(29)13(28)6(27)4-25/h4,6,13-16,27-31H,1-3H3,(H,22,32)(H,23,33)/t6-,13+,14+,15-,16?/m0/s1. The third-order valence-electron chi connectivity index (χ3n) is 4.59. The van der Waals surface area contributed by atoms with E-state index in [0.29, 0.717) is 12.8 Å². The molecule has 0 heterocycles. The number of benzene rings is 1. The smallest absolute Gasteiger partial charge is 0.256 e. The van der Waals surface area contributed by atoms with Crippen molar-refractivity contribution in [3.63, 3.8) is 0 Å². The van der Waals surface area contributed by atoms with E-state index in [0.717, 1.165) is 0 Å². The van der Waals surface area contributed by atoms with Crippen molar-refractivity contribution in [1.82, 2.24) is 5.32 Å². The molecule has 0 aliphatic carbocycles. The van der Waals surface area contributed by atoms with Crippen LogP contribution >= 0.6 is 67.8 Å². The second kappa shape index (κ2) is 12.8. The predicted molar refractivity (Wildman–Crippen MR) is 142 cm³/mol. The first-order chi connectivity index (χ1) is 15.2. The molecule has 0 radical (unpaired) electrons. The number of halogens is 3. The summed E-state index contributed by atoms with van der Waals surface area (Å²) in [6, 6.07) is 0. The Bertz CT molecular complexity index is 947. The summed E-state index contributed by atoms with van der Waals surface area (Å²) in [5.74, 6) is -2.07. The maximum Gasteiger partial charge on any atom is 0.256 e. The molecule has 0 fully saturated rings. The monoisotopic (exact) mass is 805 g/mol. The Morgan fingerprint density at radius 1 is 0.939 bits per heavy atom. The van der Waals surface area contributed by atoms with E-state index in [9.17, 15) is 44.7 Å². The third kappa shape index (κ3) is 6.70. The summed E-state index contributed by atoms with van der Waals surface area (Å²) in [5.41, 5.74) is 0.521. The summed E-state index contributed by atoms with van der Waals surface area (Å²) < 4.78 is 1.05. The zero-order valence-electron chi connectivity index (χ0n) is 17.4. The third-order valence-corrected chi connectivity index (χ3v) is 7.76. The molecule has 15 heteroatoms. The molecule has 0 saturated carbocycles. The molecule has 0 aliphatic heterocycles. The average molecular weight is 805 g/mol. The molecule has 1 aromatic carbocycles. The number of nitrogens with zero attached hydrogens (tertiary/aromatic N) is 1. The number of hydrogen-bond acceptors (Lipinski definition) is 9. The van der Waals surface area contributed by atoms with Crippen molar-refractivity contribution in [3.05, 3.63) is 16.3 Å². The van der Waals surface area contributed by atoms with Gasteiger partial charge in [0.2, 0.25) is 5.91 Å². The van der Waals surface area contributed by atoms with E-state index in [4.69, 9.17) is 0 Å². The molecule has 5 atom stereocenters. The molecule has 184 valence electrons. The largest absolute Gasteiger partial charge is 0.387 e. The fourth-order valence-corrected chi connectivity index (χ4v) is 7.21. The van der Waals surface area contributed by atoms with E-state index in [1.54, 1.807) is 22.6 Å². The van der Waals surface area contributed by atoms with Crippen LogP contribution in [-0.4, -0.2) is 94.2 Å². The van der Waals surface area contributed by atoms with Crippen LogP contribution in [0.4, 0.5) is 11.4 Å². The van der Waals surface area contributed by atoms with Crippen LogP contribution in [0.15, 0.2) is 0 Å². The lowest BCUT2D eigenvalue weighted by Gasteiger charge is -2.28. The average Bonchev–Trinajstić information content (AvgIpc) is 2.78. The van der Waals surface area contributed by atoms with Crippen molar-refractivity contribution < 1.29 is 44.7 Å². The maximum atomic E-state index is 12.6. The van der Waals surface area contributed by atoms with Gasteiger partial charge in [-0.15, -0.1) is 0 Å². The fourth-order valence-electron chi connectivity index (χ4n) is 2.56. The highest BCUT2D eigenvalue weighted by Crippen LogP contribution is 2.40. The summed E-state index contributed by atoms with van der Waals surface area (Å²) in [4.78, 5) is 49.0. The number of aliphatic hydroxyl groups excluding tert-OH is 5.